The summed E-state index contributed by atoms with van der Waals surface area (Å²) in [5.74, 6) is -0.229. The number of nitriles is 1. The first-order valence-corrected chi connectivity index (χ1v) is 8.83. The first kappa shape index (κ1) is 17.5. The maximum absolute atomic E-state index is 12.8. The minimum absolute atomic E-state index is 0.229. The van der Waals surface area contributed by atoms with E-state index < -0.39 is 0 Å². The molecule has 0 unspecified atom stereocenters. The number of carbonyl (C=O) groups is 1. The van der Waals surface area contributed by atoms with E-state index in [1.54, 1.807) is 48.7 Å². The van der Waals surface area contributed by atoms with Crippen molar-refractivity contribution >= 4 is 55.9 Å². The van der Waals surface area contributed by atoms with Crippen LogP contribution in [0.15, 0.2) is 51.9 Å². The van der Waals surface area contributed by atoms with Crippen LogP contribution in [0.5, 0.6) is 0 Å². The zero-order valence-corrected chi connectivity index (χ0v) is 15.2. The Bertz CT molecular complexity index is 817. The monoisotopic (exact) mass is 407 g/mol. The lowest BCUT2D eigenvalue weighted by atomic mass is 10.0. The first-order chi connectivity index (χ1) is 11.1. The SMILES string of the molecule is CSC(=Nc1ccc(Br)cc1C(=O)c1ccccc1Cl)NC#N. The Balaban J connectivity index is 2.54. The molecule has 0 saturated carbocycles. The fourth-order valence-electron chi connectivity index (χ4n) is 1.86. The highest BCUT2D eigenvalue weighted by Gasteiger charge is 2.17. The molecule has 0 aliphatic heterocycles. The summed E-state index contributed by atoms with van der Waals surface area (Å²) in [7, 11) is 0. The molecule has 0 radical (unpaired) electrons. The quantitative estimate of drug-likeness (QED) is 0.261. The Hall–Kier alpha value is -1.81. The number of aliphatic imine (C=N–C) groups is 1. The van der Waals surface area contributed by atoms with Crippen LogP contribution in [0, 0.1) is 11.5 Å². The third-order valence-corrected chi connectivity index (χ3v) is 4.30. The van der Waals surface area contributed by atoms with Crippen molar-refractivity contribution in [1.82, 2.24) is 5.32 Å². The van der Waals surface area contributed by atoms with E-state index in [-0.39, 0.29) is 5.78 Å². The second kappa shape index (κ2) is 8.16. The average molecular weight is 409 g/mol. The molecule has 0 bridgehead atoms. The molecule has 0 fully saturated rings. The lowest BCUT2D eigenvalue weighted by molar-refractivity contribution is 0.103. The highest BCUT2D eigenvalue weighted by atomic mass is 79.9. The zero-order chi connectivity index (χ0) is 16.8. The zero-order valence-electron chi connectivity index (χ0n) is 12.0. The lowest BCUT2D eigenvalue weighted by Crippen LogP contribution is -2.13. The molecular formula is C16H11BrClN3OS. The van der Waals surface area contributed by atoms with E-state index in [4.69, 9.17) is 16.9 Å². The maximum Gasteiger partial charge on any atom is 0.196 e. The normalized spacial score (nSPS) is 11.0. The molecule has 2 aromatic rings. The van der Waals surface area contributed by atoms with Crippen molar-refractivity contribution in [2.45, 2.75) is 0 Å². The van der Waals surface area contributed by atoms with Crippen molar-refractivity contribution in [3.8, 4) is 6.19 Å². The molecule has 0 aliphatic rings. The van der Waals surface area contributed by atoms with Crippen LogP contribution in [0.2, 0.25) is 5.02 Å². The molecule has 0 spiro atoms. The molecule has 4 nitrogen and oxygen atoms in total. The lowest BCUT2D eigenvalue weighted by Gasteiger charge is -2.08. The van der Waals surface area contributed by atoms with Gasteiger partial charge >= 0.3 is 0 Å². The fourth-order valence-corrected chi connectivity index (χ4v) is 2.78. The van der Waals surface area contributed by atoms with Crippen LogP contribution in [0.4, 0.5) is 5.69 Å². The molecule has 0 aromatic heterocycles. The van der Waals surface area contributed by atoms with Crippen molar-refractivity contribution in [2.24, 2.45) is 4.99 Å². The summed E-state index contributed by atoms with van der Waals surface area (Å²) in [6, 6.07) is 12.0. The molecule has 0 atom stereocenters. The van der Waals surface area contributed by atoms with Crippen molar-refractivity contribution < 1.29 is 4.79 Å². The number of rotatable bonds is 3. The molecule has 2 aromatic carbocycles. The number of hydrogen-bond donors (Lipinski definition) is 1. The van der Waals surface area contributed by atoms with Gasteiger partial charge in [0.05, 0.1) is 10.7 Å². The van der Waals surface area contributed by atoms with Crippen LogP contribution in [0.3, 0.4) is 0 Å². The van der Waals surface area contributed by atoms with Gasteiger partial charge in [-0.15, -0.1) is 0 Å². The first-order valence-electron chi connectivity index (χ1n) is 6.43. The number of ketones is 1. The third-order valence-electron chi connectivity index (χ3n) is 2.90. The van der Waals surface area contributed by atoms with Gasteiger partial charge in [-0.25, -0.2) is 4.99 Å². The standard InChI is InChI=1S/C16H11BrClN3OS/c1-23-16(20-9-19)21-14-7-6-10(17)8-12(14)15(22)11-4-2-3-5-13(11)18/h2-8H,1H3,(H,20,21). The van der Waals surface area contributed by atoms with Crippen molar-refractivity contribution in [2.75, 3.05) is 6.26 Å². The van der Waals surface area contributed by atoms with Gasteiger partial charge in [0.15, 0.2) is 17.1 Å². The second-order valence-corrected chi connectivity index (χ2v) is 6.45. The Morgan fingerprint density at radius 3 is 2.70 bits per heavy atom. The van der Waals surface area contributed by atoms with Crippen LogP contribution in [0.25, 0.3) is 0 Å². The highest BCUT2D eigenvalue weighted by molar-refractivity contribution is 9.10. The highest BCUT2D eigenvalue weighted by Crippen LogP contribution is 2.29. The number of nitrogens with one attached hydrogen (secondary N) is 1. The van der Waals surface area contributed by atoms with Crippen LogP contribution in [0.1, 0.15) is 15.9 Å². The molecule has 0 heterocycles. The van der Waals surface area contributed by atoms with E-state index in [1.807, 2.05) is 6.19 Å². The predicted molar refractivity (Wildman–Crippen MR) is 98.4 cm³/mol. The third kappa shape index (κ3) is 4.35. The molecule has 23 heavy (non-hydrogen) atoms. The van der Waals surface area contributed by atoms with E-state index in [1.165, 1.54) is 11.8 Å². The van der Waals surface area contributed by atoms with Gasteiger partial charge in [0, 0.05) is 15.6 Å². The second-order valence-electron chi connectivity index (χ2n) is 4.33. The fraction of sp³-hybridized carbons (Fsp3) is 0.0625. The molecule has 116 valence electrons. The molecular weight excluding hydrogens is 398 g/mol. The van der Waals surface area contributed by atoms with Crippen molar-refractivity contribution in [3.63, 3.8) is 0 Å². The number of thioether (sulfide) groups is 1. The van der Waals surface area contributed by atoms with Crippen LogP contribution < -0.4 is 5.32 Å². The number of benzene rings is 2. The van der Waals surface area contributed by atoms with E-state index in [9.17, 15) is 4.79 Å². The summed E-state index contributed by atoms with van der Waals surface area (Å²) < 4.78 is 0.755. The largest absolute Gasteiger partial charge is 0.288 e. The Kier molecular flexibility index (Phi) is 6.22. The van der Waals surface area contributed by atoms with E-state index in [0.717, 1.165) is 4.47 Å². The van der Waals surface area contributed by atoms with Crippen LogP contribution in [-0.2, 0) is 0 Å². The van der Waals surface area contributed by atoms with Gasteiger partial charge in [-0.05, 0) is 36.6 Å². The van der Waals surface area contributed by atoms with Crippen LogP contribution in [-0.4, -0.2) is 17.2 Å². The smallest absolute Gasteiger partial charge is 0.196 e. The number of halogens is 2. The summed E-state index contributed by atoms with van der Waals surface area (Å²) in [4.78, 5) is 17.1. The minimum atomic E-state index is -0.229. The number of nitrogens with zero attached hydrogens (tertiary/aromatic N) is 2. The van der Waals surface area contributed by atoms with Gasteiger partial charge in [-0.2, -0.15) is 5.26 Å². The van der Waals surface area contributed by atoms with Gasteiger partial charge in [0.2, 0.25) is 0 Å². The molecule has 0 aliphatic carbocycles. The summed E-state index contributed by atoms with van der Waals surface area (Å²) in [5, 5.41) is 12.0. The Morgan fingerprint density at radius 2 is 2.04 bits per heavy atom. The Morgan fingerprint density at radius 1 is 1.30 bits per heavy atom. The summed E-state index contributed by atoms with van der Waals surface area (Å²) in [5.41, 5.74) is 1.27. The van der Waals surface area contributed by atoms with Crippen molar-refractivity contribution in [1.29, 1.82) is 5.26 Å². The molecule has 1 N–H and O–H groups in total. The van der Waals surface area contributed by atoms with Gasteiger partial charge in [-0.3, -0.25) is 10.1 Å². The van der Waals surface area contributed by atoms with Gasteiger partial charge < -0.3 is 0 Å². The predicted octanol–water partition coefficient (Wildman–Crippen LogP) is 4.75. The Labute approximate surface area is 151 Å². The van der Waals surface area contributed by atoms with Gasteiger partial charge in [-0.1, -0.05) is 51.4 Å². The molecule has 2 rings (SSSR count). The number of hydrogen-bond acceptors (Lipinski definition) is 4. The minimum Gasteiger partial charge on any atom is -0.288 e. The summed E-state index contributed by atoms with van der Waals surface area (Å²) in [6.07, 6.45) is 3.61. The topological polar surface area (TPSA) is 65.2 Å². The average Bonchev–Trinajstić information content (AvgIpc) is 2.55. The number of amidine groups is 1. The van der Waals surface area contributed by atoms with Gasteiger partial charge in [0.25, 0.3) is 0 Å². The van der Waals surface area contributed by atoms with Crippen LogP contribution >= 0.6 is 39.3 Å². The van der Waals surface area contributed by atoms with E-state index in [2.05, 4.69) is 26.2 Å². The number of carbonyl (C=O) groups excluding carboxylic acids is 1. The summed E-state index contributed by atoms with van der Waals surface area (Å²) in [6.45, 7) is 0. The summed E-state index contributed by atoms with van der Waals surface area (Å²) >= 11 is 10.8. The van der Waals surface area contributed by atoms with Crippen molar-refractivity contribution in [3.05, 3.63) is 63.1 Å². The van der Waals surface area contributed by atoms with Gasteiger partial charge in [0.1, 0.15) is 0 Å². The van der Waals surface area contributed by atoms with E-state index in [0.29, 0.717) is 27.0 Å². The molecule has 7 heteroatoms. The molecule has 0 saturated heterocycles. The molecule has 0 amide bonds. The maximum atomic E-state index is 12.8. The van der Waals surface area contributed by atoms with E-state index >= 15 is 0 Å².